The first-order chi connectivity index (χ1) is 9.01. The van der Waals surface area contributed by atoms with Crippen molar-refractivity contribution in [1.82, 2.24) is 0 Å². The van der Waals surface area contributed by atoms with Gasteiger partial charge in [0.05, 0.1) is 11.0 Å². The predicted molar refractivity (Wildman–Crippen MR) is 63.5 cm³/mol. The summed E-state index contributed by atoms with van der Waals surface area (Å²) in [5.41, 5.74) is -1.72. The zero-order chi connectivity index (χ0) is 14.0. The predicted octanol–water partition coefficient (Wildman–Crippen LogP) is 3.12. The number of carboxylic acid groups (broad SMARTS) is 1. The second-order valence-corrected chi connectivity index (χ2v) is 4.87. The van der Waals surface area contributed by atoms with Crippen molar-refractivity contribution in [2.45, 2.75) is 37.5 Å². The fourth-order valence-corrected chi connectivity index (χ4v) is 2.76. The van der Waals surface area contributed by atoms with Crippen molar-refractivity contribution in [2.24, 2.45) is 0 Å². The Balaban J connectivity index is 2.60. The van der Waals surface area contributed by atoms with Crippen LogP contribution in [0.4, 0.5) is 8.78 Å². The molecule has 0 saturated heterocycles. The zero-order valence-corrected chi connectivity index (χ0v) is 10.2. The smallest absolute Gasteiger partial charge is 0.314 e. The van der Waals surface area contributed by atoms with Crippen LogP contribution < -0.4 is 0 Å². The van der Waals surface area contributed by atoms with E-state index in [0.717, 1.165) is 12.5 Å². The summed E-state index contributed by atoms with van der Waals surface area (Å²) < 4.78 is 27.3. The Kier molecular flexibility index (Phi) is 3.52. The molecular formula is C14H13F2NO2. The molecule has 0 aliphatic heterocycles. The summed E-state index contributed by atoms with van der Waals surface area (Å²) in [6.45, 7) is 0. The van der Waals surface area contributed by atoms with Gasteiger partial charge in [-0.3, -0.25) is 4.79 Å². The number of hydrogen-bond donors (Lipinski definition) is 1. The number of nitriles is 1. The molecule has 1 saturated carbocycles. The second-order valence-electron chi connectivity index (χ2n) is 4.87. The second kappa shape index (κ2) is 4.96. The first-order valence-corrected chi connectivity index (χ1v) is 6.14. The summed E-state index contributed by atoms with van der Waals surface area (Å²) in [6, 6.07) is 3.27. The van der Waals surface area contributed by atoms with Crippen LogP contribution in [0.3, 0.4) is 0 Å². The maximum atomic E-state index is 13.9. The number of benzene rings is 1. The molecule has 0 bridgehead atoms. The molecule has 19 heavy (non-hydrogen) atoms. The van der Waals surface area contributed by atoms with E-state index in [4.69, 9.17) is 5.26 Å². The number of carbonyl (C=O) groups is 1. The Hall–Kier alpha value is -1.96. The molecule has 1 fully saturated rings. The van der Waals surface area contributed by atoms with Gasteiger partial charge in [0.25, 0.3) is 0 Å². The van der Waals surface area contributed by atoms with Crippen molar-refractivity contribution in [2.75, 3.05) is 0 Å². The van der Waals surface area contributed by atoms with Gasteiger partial charge in [-0.15, -0.1) is 0 Å². The van der Waals surface area contributed by atoms with Crippen LogP contribution in [0, 0.1) is 23.0 Å². The average Bonchev–Trinajstić information content (AvgIpc) is 2.39. The summed E-state index contributed by atoms with van der Waals surface area (Å²) in [4.78, 5) is 11.6. The maximum absolute atomic E-state index is 13.9. The SMILES string of the molecule is N#Cc1cc(C2(C(=O)O)CCCCC2)c(F)cc1F. The lowest BCUT2D eigenvalue weighted by molar-refractivity contribution is -0.145. The van der Waals surface area contributed by atoms with Gasteiger partial charge < -0.3 is 5.11 Å². The molecule has 0 unspecified atom stereocenters. The summed E-state index contributed by atoms with van der Waals surface area (Å²) in [7, 11) is 0. The summed E-state index contributed by atoms with van der Waals surface area (Å²) in [5, 5.41) is 18.3. The van der Waals surface area contributed by atoms with Gasteiger partial charge in [0.15, 0.2) is 0 Å². The van der Waals surface area contributed by atoms with Gasteiger partial charge in [0, 0.05) is 11.6 Å². The van der Waals surface area contributed by atoms with E-state index in [1.807, 2.05) is 0 Å². The van der Waals surface area contributed by atoms with Gasteiger partial charge in [-0.25, -0.2) is 8.78 Å². The largest absolute Gasteiger partial charge is 0.481 e. The van der Waals surface area contributed by atoms with Crippen LogP contribution in [-0.4, -0.2) is 11.1 Å². The van der Waals surface area contributed by atoms with Crippen LogP contribution in [0.15, 0.2) is 12.1 Å². The van der Waals surface area contributed by atoms with Crippen molar-refractivity contribution < 1.29 is 18.7 Å². The first-order valence-electron chi connectivity index (χ1n) is 6.14. The number of halogens is 2. The fraction of sp³-hybridized carbons (Fsp3) is 0.429. The molecule has 3 nitrogen and oxygen atoms in total. The fourth-order valence-electron chi connectivity index (χ4n) is 2.76. The molecule has 0 spiro atoms. The number of nitrogens with zero attached hydrogens (tertiary/aromatic N) is 1. The zero-order valence-electron chi connectivity index (χ0n) is 10.2. The summed E-state index contributed by atoms with van der Waals surface area (Å²) in [6.07, 6.45) is 2.91. The van der Waals surface area contributed by atoms with Crippen LogP contribution in [0.2, 0.25) is 0 Å². The van der Waals surface area contributed by atoms with Crippen molar-refractivity contribution >= 4 is 5.97 Å². The molecule has 0 heterocycles. The van der Waals surface area contributed by atoms with E-state index < -0.39 is 23.0 Å². The Labute approximate surface area is 109 Å². The van der Waals surface area contributed by atoms with E-state index in [2.05, 4.69) is 0 Å². The van der Waals surface area contributed by atoms with E-state index in [1.54, 1.807) is 6.07 Å². The minimum absolute atomic E-state index is 0.0716. The molecule has 0 atom stereocenters. The van der Waals surface area contributed by atoms with E-state index in [0.29, 0.717) is 31.7 Å². The molecule has 1 N–H and O–H groups in total. The highest BCUT2D eigenvalue weighted by Crippen LogP contribution is 2.41. The van der Waals surface area contributed by atoms with Gasteiger partial charge >= 0.3 is 5.97 Å². The van der Waals surface area contributed by atoms with Gasteiger partial charge in [-0.2, -0.15) is 5.26 Å². The number of aliphatic carboxylic acids is 1. The monoisotopic (exact) mass is 265 g/mol. The topological polar surface area (TPSA) is 61.1 Å². The minimum Gasteiger partial charge on any atom is -0.481 e. The van der Waals surface area contributed by atoms with Crippen molar-refractivity contribution in [1.29, 1.82) is 5.26 Å². The lowest BCUT2D eigenvalue weighted by Crippen LogP contribution is -2.38. The summed E-state index contributed by atoms with van der Waals surface area (Å²) >= 11 is 0. The molecule has 0 radical (unpaired) electrons. The van der Waals surface area contributed by atoms with Gasteiger partial charge in [0.1, 0.15) is 17.7 Å². The highest BCUT2D eigenvalue weighted by atomic mass is 19.1. The van der Waals surface area contributed by atoms with Gasteiger partial charge in [0.2, 0.25) is 0 Å². The molecule has 0 aromatic heterocycles. The number of carboxylic acids is 1. The quantitative estimate of drug-likeness (QED) is 0.893. The molecule has 0 amide bonds. The van der Waals surface area contributed by atoms with E-state index in [1.165, 1.54) is 0 Å². The summed E-state index contributed by atoms with van der Waals surface area (Å²) in [5.74, 6) is -2.96. The van der Waals surface area contributed by atoms with E-state index >= 15 is 0 Å². The Morgan fingerprint density at radius 3 is 2.37 bits per heavy atom. The first kappa shape index (κ1) is 13.5. The third kappa shape index (κ3) is 2.19. The Morgan fingerprint density at radius 1 is 1.21 bits per heavy atom. The molecule has 100 valence electrons. The van der Waals surface area contributed by atoms with Crippen LogP contribution in [-0.2, 0) is 10.2 Å². The van der Waals surface area contributed by atoms with Crippen LogP contribution in [0.5, 0.6) is 0 Å². The highest BCUT2D eigenvalue weighted by molar-refractivity contribution is 5.81. The van der Waals surface area contributed by atoms with Crippen molar-refractivity contribution in [3.05, 3.63) is 34.9 Å². The third-order valence-electron chi connectivity index (χ3n) is 3.81. The van der Waals surface area contributed by atoms with Gasteiger partial charge in [-0.05, 0) is 18.9 Å². The number of hydrogen-bond acceptors (Lipinski definition) is 2. The van der Waals surface area contributed by atoms with E-state index in [-0.39, 0.29) is 11.1 Å². The maximum Gasteiger partial charge on any atom is 0.314 e. The van der Waals surface area contributed by atoms with Crippen LogP contribution in [0.25, 0.3) is 0 Å². The molecule has 5 heteroatoms. The molecule has 1 aliphatic rings. The standard InChI is InChI=1S/C14H13F2NO2/c15-11-7-12(16)10(6-9(11)8-17)14(13(18)19)4-2-1-3-5-14/h6-7H,1-5H2,(H,18,19). The van der Waals surface area contributed by atoms with Crippen molar-refractivity contribution in [3.8, 4) is 6.07 Å². The Morgan fingerprint density at radius 2 is 1.84 bits per heavy atom. The molecule has 1 aliphatic carbocycles. The highest BCUT2D eigenvalue weighted by Gasteiger charge is 2.43. The molecule has 1 aromatic rings. The normalized spacial score (nSPS) is 17.7. The third-order valence-corrected chi connectivity index (χ3v) is 3.81. The van der Waals surface area contributed by atoms with Crippen LogP contribution >= 0.6 is 0 Å². The lowest BCUT2D eigenvalue weighted by Gasteiger charge is -2.33. The van der Waals surface area contributed by atoms with E-state index in [9.17, 15) is 18.7 Å². The van der Waals surface area contributed by atoms with Gasteiger partial charge in [-0.1, -0.05) is 19.3 Å². The average molecular weight is 265 g/mol. The lowest BCUT2D eigenvalue weighted by atomic mass is 9.69. The number of rotatable bonds is 2. The van der Waals surface area contributed by atoms with Crippen LogP contribution in [0.1, 0.15) is 43.2 Å². The molecule has 1 aromatic carbocycles. The molecular weight excluding hydrogens is 252 g/mol. The minimum atomic E-state index is -1.33. The molecule has 2 rings (SSSR count). The van der Waals surface area contributed by atoms with Crippen molar-refractivity contribution in [3.63, 3.8) is 0 Å². The Bertz CT molecular complexity index is 557.